The van der Waals surface area contributed by atoms with Crippen molar-refractivity contribution in [1.82, 2.24) is 4.90 Å². The van der Waals surface area contributed by atoms with Gasteiger partial charge in [0, 0.05) is 44.0 Å². The molecule has 0 radical (unpaired) electrons. The van der Waals surface area contributed by atoms with E-state index < -0.39 is 0 Å². The zero-order valence-corrected chi connectivity index (χ0v) is 12.1. The van der Waals surface area contributed by atoms with E-state index in [1.165, 1.54) is 5.56 Å². The molecule has 0 aliphatic carbocycles. The molecule has 3 aliphatic rings. The summed E-state index contributed by atoms with van der Waals surface area (Å²) >= 11 is 0. The first-order valence-electron chi connectivity index (χ1n) is 7.97. The van der Waals surface area contributed by atoms with E-state index in [0.29, 0.717) is 11.8 Å². The number of hydrogen-bond acceptors (Lipinski definition) is 4. The Kier molecular flexibility index (Phi) is 3.50. The van der Waals surface area contributed by atoms with Gasteiger partial charge < -0.3 is 14.9 Å². The molecule has 1 aromatic carbocycles. The summed E-state index contributed by atoms with van der Waals surface area (Å²) in [6.45, 7) is 3.01. The molecule has 0 aromatic heterocycles. The van der Waals surface area contributed by atoms with Crippen molar-refractivity contribution in [1.29, 1.82) is 0 Å². The van der Waals surface area contributed by atoms with Gasteiger partial charge in [-0.2, -0.15) is 0 Å². The van der Waals surface area contributed by atoms with Gasteiger partial charge in [-0.3, -0.25) is 4.90 Å². The second-order valence-corrected chi connectivity index (χ2v) is 6.82. The first kappa shape index (κ1) is 13.7. The first-order chi connectivity index (χ1) is 10.3. The molecule has 4 rings (SSSR count). The summed E-state index contributed by atoms with van der Waals surface area (Å²) in [6, 6.07) is 10.5. The van der Waals surface area contributed by atoms with Crippen molar-refractivity contribution in [3.63, 3.8) is 0 Å². The molecule has 114 valence electrons. The number of aliphatic hydroxyl groups excluding tert-OH is 2. The van der Waals surface area contributed by atoms with Crippen molar-refractivity contribution in [2.24, 2.45) is 17.8 Å². The molecule has 3 heterocycles. The van der Waals surface area contributed by atoms with E-state index in [0.717, 1.165) is 26.1 Å². The summed E-state index contributed by atoms with van der Waals surface area (Å²) < 4.78 is 5.99. The van der Waals surface area contributed by atoms with E-state index in [2.05, 4.69) is 29.2 Å². The van der Waals surface area contributed by atoms with Crippen LogP contribution in [-0.4, -0.2) is 53.1 Å². The Labute approximate surface area is 125 Å². The van der Waals surface area contributed by atoms with Crippen LogP contribution in [0, 0.1) is 17.8 Å². The van der Waals surface area contributed by atoms with Crippen LogP contribution in [0.4, 0.5) is 0 Å². The predicted molar refractivity (Wildman–Crippen MR) is 78.6 cm³/mol. The Balaban J connectivity index is 1.49. The number of likely N-dealkylation sites (tertiary alicyclic amines) is 1. The van der Waals surface area contributed by atoms with E-state index in [9.17, 15) is 10.2 Å². The highest BCUT2D eigenvalue weighted by Crippen LogP contribution is 2.46. The molecule has 3 aliphatic heterocycles. The maximum Gasteiger partial charge on any atom is 0.0846 e. The van der Waals surface area contributed by atoms with Crippen molar-refractivity contribution >= 4 is 0 Å². The summed E-state index contributed by atoms with van der Waals surface area (Å²) in [4.78, 5) is 2.42. The largest absolute Gasteiger partial charge is 0.396 e. The van der Waals surface area contributed by atoms with Crippen LogP contribution in [0.1, 0.15) is 12.0 Å². The van der Waals surface area contributed by atoms with Crippen molar-refractivity contribution in [2.45, 2.75) is 31.3 Å². The van der Waals surface area contributed by atoms with Crippen LogP contribution >= 0.6 is 0 Å². The molecule has 4 heteroatoms. The number of nitrogens with zero attached hydrogens (tertiary/aromatic N) is 1. The van der Waals surface area contributed by atoms with E-state index in [1.807, 2.05) is 6.07 Å². The third kappa shape index (κ3) is 2.30. The van der Waals surface area contributed by atoms with Gasteiger partial charge in [0.05, 0.1) is 18.3 Å². The van der Waals surface area contributed by atoms with Gasteiger partial charge in [-0.1, -0.05) is 30.3 Å². The Hall–Kier alpha value is -0.940. The summed E-state index contributed by atoms with van der Waals surface area (Å²) in [5, 5.41) is 20.1. The summed E-state index contributed by atoms with van der Waals surface area (Å²) in [5.41, 5.74) is 1.32. The van der Waals surface area contributed by atoms with Gasteiger partial charge in [-0.05, 0) is 12.0 Å². The molecule has 2 N–H and O–H groups in total. The van der Waals surface area contributed by atoms with Crippen molar-refractivity contribution in [3.05, 3.63) is 35.9 Å². The van der Waals surface area contributed by atoms with Gasteiger partial charge in [0.1, 0.15) is 0 Å². The van der Waals surface area contributed by atoms with Crippen LogP contribution in [0.2, 0.25) is 0 Å². The number of fused-ring (bicyclic) bond motifs is 4. The maximum absolute atomic E-state index is 10.5. The van der Waals surface area contributed by atoms with Crippen molar-refractivity contribution in [2.75, 3.05) is 19.7 Å². The highest BCUT2D eigenvalue weighted by molar-refractivity contribution is 5.15. The smallest absolute Gasteiger partial charge is 0.0846 e. The minimum Gasteiger partial charge on any atom is -0.396 e. The molecular weight excluding hydrogens is 266 g/mol. The van der Waals surface area contributed by atoms with Crippen LogP contribution in [0.25, 0.3) is 0 Å². The average Bonchev–Trinajstić information content (AvgIpc) is 3.09. The van der Waals surface area contributed by atoms with E-state index in [-0.39, 0.29) is 30.8 Å². The quantitative estimate of drug-likeness (QED) is 0.867. The lowest BCUT2D eigenvalue weighted by Gasteiger charge is -2.36. The number of aliphatic hydroxyl groups is 2. The highest BCUT2D eigenvalue weighted by atomic mass is 16.5. The molecule has 0 spiro atoms. The van der Waals surface area contributed by atoms with Gasteiger partial charge in [-0.15, -0.1) is 0 Å². The molecular formula is C17H23NO3. The van der Waals surface area contributed by atoms with Gasteiger partial charge in [-0.25, -0.2) is 0 Å². The molecule has 0 amide bonds. The standard InChI is InChI=1S/C17H23NO3/c19-10-12-6-15-16(20)13-8-18(9-14(13)17(12)21-15)7-11-4-2-1-3-5-11/h1-5,12-17,19-20H,6-10H2/t12-,13+,14-,15-,16-,17+/m0/s1. The Bertz CT molecular complexity index is 494. The topological polar surface area (TPSA) is 52.9 Å². The zero-order chi connectivity index (χ0) is 14.4. The second kappa shape index (κ2) is 5.36. The third-order valence-corrected chi connectivity index (χ3v) is 5.54. The van der Waals surface area contributed by atoms with Crippen LogP contribution < -0.4 is 0 Å². The van der Waals surface area contributed by atoms with Crippen molar-refractivity contribution < 1.29 is 14.9 Å². The summed E-state index contributed by atoms with van der Waals surface area (Å²) in [7, 11) is 0. The fraction of sp³-hybridized carbons (Fsp3) is 0.647. The predicted octanol–water partition coefficient (Wildman–Crippen LogP) is 0.875. The lowest BCUT2D eigenvalue weighted by Crippen LogP contribution is -2.46. The molecule has 21 heavy (non-hydrogen) atoms. The number of hydrogen-bond donors (Lipinski definition) is 2. The first-order valence-corrected chi connectivity index (χ1v) is 7.97. The molecule has 0 saturated carbocycles. The second-order valence-electron chi connectivity index (χ2n) is 6.82. The highest BCUT2D eigenvalue weighted by Gasteiger charge is 2.55. The monoisotopic (exact) mass is 289 g/mol. The minimum absolute atomic E-state index is 0.0647. The Morgan fingerprint density at radius 3 is 2.67 bits per heavy atom. The fourth-order valence-corrected chi connectivity index (χ4v) is 4.55. The molecule has 0 unspecified atom stereocenters. The SMILES string of the molecule is OC[C@@H]1C[C@@H]2O[C@H]1[C@H]1CN(Cc3ccccc3)C[C@H]1[C@@H]2O. The summed E-state index contributed by atoms with van der Waals surface area (Å²) in [5.74, 6) is 0.866. The van der Waals surface area contributed by atoms with Gasteiger partial charge in [0.15, 0.2) is 0 Å². The van der Waals surface area contributed by atoms with Crippen LogP contribution in [0.3, 0.4) is 0 Å². The van der Waals surface area contributed by atoms with Gasteiger partial charge >= 0.3 is 0 Å². The lowest BCUT2D eigenvalue weighted by molar-refractivity contribution is -0.131. The molecule has 3 saturated heterocycles. The molecule has 2 bridgehead atoms. The molecule has 4 nitrogen and oxygen atoms in total. The fourth-order valence-electron chi connectivity index (χ4n) is 4.55. The van der Waals surface area contributed by atoms with E-state index in [4.69, 9.17) is 4.74 Å². The third-order valence-electron chi connectivity index (χ3n) is 5.54. The number of benzene rings is 1. The van der Waals surface area contributed by atoms with E-state index in [1.54, 1.807) is 0 Å². The van der Waals surface area contributed by atoms with E-state index >= 15 is 0 Å². The number of ether oxygens (including phenoxy) is 1. The van der Waals surface area contributed by atoms with Crippen LogP contribution in [0.5, 0.6) is 0 Å². The van der Waals surface area contributed by atoms with Crippen molar-refractivity contribution in [3.8, 4) is 0 Å². The Morgan fingerprint density at radius 2 is 1.90 bits per heavy atom. The number of rotatable bonds is 3. The van der Waals surface area contributed by atoms with Gasteiger partial charge in [0.2, 0.25) is 0 Å². The van der Waals surface area contributed by atoms with Crippen LogP contribution in [-0.2, 0) is 11.3 Å². The average molecular weight is 289 g/mol. The maximum atomic E-state index is 10.5. The minimum atomic E-state index is -0.372. The van der Waals surface area contributed by atoms with Gasteiger partial charge in [0.25, 0.3) is 0 Å². The van der Waals surface area contributed by atoms with Crippen LogP contribution in [0.15, 0.2) is 30.3 Å². The lowest BCUT2D eigenvalue weighted by atomic mass is 9.83. The Morgan fingerprint density at radius 1 is 1.14 bits per heavy atom. The molecule has 3 fully saturated rings. The normalized spacial score (nSPS) is 42.2. The molecule has 6 atom stereocenters. The molecule has 1 aromatic rings. The zero-order valence-electron chi connectivity index (χ0n) is 12.1. The summed E-state index contributed by atoms with van der Waals surface area (Å²) in [6.07, 6.45) is 0.511.